The second-order valence-corrected chi connectivity index (χ2v) is 6.67. The summed E-state index contributed by atoms with van der Waals surface area (Å²) in [4.78, 5) is 16.0. The van der Waals surface area contributed by atoms with E-state index in [2.05, 4.69) is 5.92 Å². The minimum atomic E-state index is -0.661. The summed E-state index contributed by atoms with van der Waals surface area (Å²) in [5.74, 6) is 2.66. The topological polar surface area (TPSA) is 53.0 Å². The number of hydrogen-bond donors (Lipinski definition) is 1. The van der Waals surface area contributed by atoms with Gasteiger partial charge in [-0.1, -0.05) is 66.6 Å². The van der Waals surface area contributed by atoms with E-state index in [1.165, 1.54) is 0 Å². The summed E-state index contributed by atoms with van der Waals surface area (Å²) in [6, 6.07) is 19.3. The Labute approximate surface area is 160 Å². The molecule has 2 atom stereocenters. The minimum Gasteiger partial charge on any atom is -0.445 e. The van der Waals surface area contributed by atoms with Crippen molar-refractivity contribution in [2.24, 2.45) is 0 Å². The third-order valence-corrected chi connectivity index (χ3v) is 4.71. The Hall–Kier alpha value is -2.81. The van der Waals surface area contributed by atoms with Crippen molar-refractivity contribution < 1.29 is 14.6 Å². The van der Waals surface area contributed by atoms with Crippen molar-refractivity contribution in [1.82, 2.24) is 9.80 Å². The number of ether oxygens (including phenoxy) is 1. The first-order valence-electron chi connectivity index (χ1n) is 9.02. The molecule has 1 saturated heterocycles. The summed E-state index contributed by atoms with van der Waals surface area (Å²) in [5.41, 5.74) is 2.05. The van der Waals surface area contributed by atoms with E-state index in [1.54, 1.807) is 4.90 Å². The number of terminal acetylenes is 1. The zero-order valence-electron chi connectivity index (χ0n) is 15.2. The average Bonchev–Trinajstić information content (AvgIpc) is 3.09. The molecule has 140 valence electrons. The summed E-state index contributed by atoms with van der Waals surface area (Å²) in [6.45, 7) is 1.88. The molecule has 0 saturated carbocycles. The number of aliphatic hydroxyl groups is 1. The number of nitrogens with zero attached hydrogens (tertiary/aromatic N) is 2. The van der Waals surface area contributed by atoms with Crippen molar-refractivity contribution in [3.05, 3.63) is 71.8 Å². The molecule has 2 aromatic rings. The summed E-state index contributed by atoms with van der Waals surface area (Å²) in [5, 5.41) is 10.5. The zero-order valence-corrected chi connectivity index (χ0v) is 15.2. The van der Waals surface area contributed by atoms with Crippen molar-refractivity contribution in [2.75, 3.05) is 19.6 Å². The van der Waals surface area contributed by atoms with Gasteiger partial charge >= 0.3 is 6.09 Å². The molecule has 0 unspecified atom stereocenters. The summed E-state index contributed by atoms with van der Waals surface area (Å²) < 4.78 is 5.38. The largest absolute Gasteiger partial charge is 0.445 e. The number of aliphatic hydroxyl groups excluding tert-OH is 1. The van der Waals surface area contributed by atoms with Crippen molar-refractivity contribution in [3.63, 3.8) is 0 Å². The van der Waals surface area contributed by atoms with E-state index in [4.69, 9.17) is 11.2 Å². The molecule has 5 nitrogen and oxygen atoms in total. The maximum atomic E-state index is 12.4. The SMILES string of the molecule is C#CCN(Cc1ccccc1)[C@H]1CN(C(=O)OCc2ccccc2)C[C@@H]1O. The number of β-amino-alcohol motifs (C(OH)–C–C–N with tert-alkyl or cyclic N) is 1. The minimum absolute atomic E-state index is 0.217. The lowest BCUT2D eigenvalue weighted by molar-refractivity contribution is 0.0857. The molecule has 27 heavy (non-hydrogen) atoms. The summed E-state index contributed by atoms with van der Waals surface area (Å²) in [7, 11) is 0. The van der Waals surface area contributed by atoms with Crippen LogP contribution in [0.4, 0.5) is 4.79 Å². The molecule has 1 aliphatic heterocycles. The van der Waals surface area contributed by atoms with Crippen LogP contribution in [0.1, 0.15) is 11.1 Å². The van der Waals surface area contributed by atoms with E-state index < -0.39 is 12.2 Å². The third-order valence-electron chi connectivity index (χ3n) is 4.71. The van der Waals surface area contributed by atoms with Crippen LogP contribution < -0.4 is 0 Å². The Morgan fingerprint density at radius 2 is 1.74 bits per heavy atom. The lowest BCUT2D eigenvalue weighted by Crippen LogP contribution is -2.43. The van der Waals surface area contributed by atoms with Crippen molar-refractivity contribution in [3.8, 4) is 12.3 Å². The fourth-order valence-electron chi connectivity index (χ4n) is 3.31. The van der Waals surface area contributed by atoms with Crippen LogP contribution in [0.5, 0.6) is 0 Å². The maximum Gasteiger partial charge on any atom is 0.410 e. The molecule has 1 heterocycles. The van der Waals surface area contributed by atoms with Crippen LogP contribution in [0.2, 0.25) is 0 Å². The van der Waals surface area contributed by atoms with E-state index in [1.807, 2.05) is 65.6 Å². The molecule has 1 amide bonds. The molecular formula is C22H24N2O3. The van der Waals surface area contributed by atoms with Crippen LogP contribution in [-0.2, 0) is 17.9 Å². The molecule has 0 aromatic heterocycles. The van der Waals surface area contributed by atoms with E-state index in [9.17, 15) is 9.90 Å². The van der Waals surface area contributed by atoms with Crippen LogP contribution in [0.3, 0.4) is 0 Å². The third kappa shape index (κ3) is 5.10. The second kappa shape index (κ2) is 9.22. The number of carbonyl (C=O) groups excluding carboxylic acids is 1. The van der Waals surface area contributed by atoms with Gasteiger partial charge in [0.2, 0.25) is 0 Å². The number of benzene rings is 2. The fourth-order valence-corrected chi connectivity index (χ4v) is 3.31. The molecule has 0 aliphatic carbocycles. The Balaban J connectivity index is 1.59. The van der Waals surface area contributed by atoms with Gasteiger partial charge in [-0.05, 0) is 11.1 Å². The Bertz CT molecular complexity index is 773. The van der Waals surface area contributed by atoms with Gasteiger partial charge in [0, 0.05) is 13.1 Å². The first-order valence-corrected chi connectivity index (χ1v) is 9.02. The first-order chi connectivity index (χ1) is 13.2. The van der Waals surface area contributed by atoms with Gasteiger partial charge in [-0.3, -0.25) is 4.90 Å². The predicted octanol–water partition coefficient (Wildman–Crippen LogP) is 2.50. The Kier molecular flexibility index (Phi) is 6.48. The lowest BCUT2D eigenvalue weighted by atomic mass is 10.1. The monoisotopic (exact) mass is 364 g/mol. The number of rotatable bonds is 6. The quantitative estimate of drug-likeness (QED) is 0.801. The fraction of sp³-hybridized carbons (Fsp3) is 0.318. The zero-order chi connectivity index (χ0) is 19.1. The smallest absolute Gasteiger partial charge is 0.410 e. The van der Waals surface area contributed by atoms with E-state index >= 15 is 0 Å². The molecule has 0 bridgehead atoms. The molecule has 3 rings (SSSR count). The van der Waals surface area contributed by atoms with Crippen LogP contribution in [0, 0.1) is 12.3 Å². The van der Waals surface area contributed by atoms with Gasteiger partial charge < -0.3 is 14.7 Å². The molecule has 1 fully saturated rings. The van der Waals surface area contributed by atoms with Crippen molar-refractivity contribution >= 4 is 6.09 Å². The normalized spacial score (nSPS) is 19.1. The number of amides is 1. The van der Waals surface area contributed by atoms with Crippen molar-refractivity contribution in [1.29, 1.82) is 0 Å². The molecule has 0 radical (unpaired) electrons. The van der Waals surface area contributed by atoms with E-state index in [-0.39, 0.29) is 19.2 Å². The van der Waals surface area contributed by atoms with Crippen LogP contribution in [0.25, 0.3) is 0 Å². The molecular weight excluding hydrogens is 340 g/mol. The second-order valence-electron chi connectivity index (χ2n) is 6.67. The molecule has 0 spiro atoms. The average molecular weight is 364 g/mol. The molecule has 1 aliphatic rings. The summed E-state index contributed by atoms with van der Waals surface area (Å²) >= 11 is 0. The first kappa shape index (κ1) is 19.0. The highest BCUT2D eigenvalue weighted by Crippen LogP contribution is 2.20. The van der Waals surface area contributed by atoms with Gasteiger partial charge in [-0.15, -0.1) is 6.42 Å². The van der Waals surface area contributed by atoms with Crippen LogP contribution in [0.15, 0.2) is 60.7 Å². The highest BCUT2D eigenvalue weighted by Gasteiger charge is 2.38. The van der Waals surface area contributed by atoms with Crippen LogP contribution in [-0.4, -0.2) is 52.8 Å². The number of likely N-dealkylation sites (tertiary alicyclic amines) is 1. The standard InChI is InChI=1S/C22H24N2O3/c1-2-13-23(14-18-9-5-3-6-10-18)20-15-24(16-21(20)25)22(26)27-17-19-11-7-4-8-12-19/h1,3-12,20-21,25H,13-17H2/t20-,21-/m0/s1. The van der Waals surface area contributed by atoms with Gasteiger partial charge in [0.05, 0.1) is 25.2 Å². The van der Waals surface area contributed by atoms with Gasteiger partial charge in [-0.2, -0.15) is 0 Å². The lowest BCUT2D eigenvalue weighted by Gasteiger charge is -2.28. The van der Waals surface area contributed by atoms with Gasteiger partial charge in [-0.25, -0.2) is 4.79 Å². The van der Waals surface area contributed by atoms with Crippen molar-refractivity contribution in [2.45, 2.75) is 25.3 Å². The highest BCUT2D eigenvalue weighted by atomic mass is 16.6. The van der Waals surface area contributed by atoms with Gasteiger partial charge in [0.15, 0.2) is 0 Å². The van der Waals surface area contributed by atoms with Crippen LogP contribution >= 0.6 is 0 Å². The molecule has 2 aromatic carbocycles. The maximum absolute atomic E-state index is 12.4. The predicted molar refractivity (Wildman–Crippen MR) is 104 cm³/mol. The van der Waals surface area contributed by atoms with Gasteiger partial charge in [0.25, 0.3) is 0 Å². The van der Waals surface area contributed by atoms with E-state index in [0.29, 0.717) is 19.6 Å². The Morgan fingerprint density at radius 3 is 2.37 bits per heavy atom. The molecule has 1 N–H and O–H groups in total. The highest BCUT2D eigenvalue weighted by molar-refractivity contribution is 5.68. The van der Waals surface area contributed by atoms with Gasteiger partial charge in [0.1, 0.15) is 6.61 Å². The molecule has 5 heteroatoms. The number of hydrogen-bond acceptors (Lipinski definition) is 4. The van der Waals surface area contributed by atoms with E-state index in [0.717, 1.165) is 11.1 Å². The number of carbonyl (C=O) groups is 1. The Morgan fingerprint density at radius 1 is 1.11 bits per heavy atom. The summed E-state index contributed by atoms with van der Waals surface area (Å²) in [6.07, 6.45) is 4.45.